The van der Waals surface area contributed by atoms with Gasteiger partial charge in [-0.05, 0) is 51.2 Å². The maximum atomic E-state index is 11.9. The first-order valence-electron chi connectivity index (χ1n) is 7.64. The van der Waals surface area contributed by atoms with Crippen LogP contribution in [0.5, 0.6) is 0 Å². The van der Waals surface area contributed by atoms with Gasteiger partial charge in [0.25, 0.3) is 0 Å². The molecule has 2 rings (SSSR count). The van der Waals surface area contributed by atoms with Crippen molar-refractivity contribution in [2.45, 2.75) is 52.2 Å². The van der Waals surface area contributed by atoms with Crippen LogP contribution in [-0.4, -0.2) is 22.7 Å². The molecular formula is C17H25N3O2. The molecule has 2 atom stereocenters. The van der Waals surface area contributed by atoms with Crippen LogP contribution >= 0.6 is 0 Å². The predicted octanol–water partition coefficient (Wildman–Crippen LogP) is 3.37. The average Bonchev–Trinajstić information content (AvgIpc) is 2.35. The zero-order valence-corrected chi connectivity index (χ0v) is 13.7. The molecule has 1 aliphatic rings. The molecule has 5 heteroatoms. The Morgan fingerprint density at radius 3 is 2.82 bits per heavy atom. The standard InChI is InChI=1S/C17H25N3O2/c1-11-7-12(14-5-6-19-10-15(14)18)9-13(8-11)20-16(21)22-17(2,3)4/h5-6,9-11,13H,7-8,18H2,1-4H3,(H,20,21). The summed E-state index contributed by atoms with van der Waals surface area (Å²) in [5.74, 6) is 0.465. The maximum Gasteiger partial charge on any atom is 0.408 e. The highest BCUT2D eigenvalue weighted by Crippen LogP contribution is 2.33. The third-order valence-corrected chi connectivity index (χ3v) is 3.53. The van der Waals surface area contributed by atoms with Crippen LogP contribution in [0, 0.1) is 5.92 Å². The van der Waals surface area contributed by atoms with Gasteiger partial charge in [0.15, 0.2) is 0 Å². The summed E-state index contributed by atoms with van der Waals surface area (Å²) >= 11 is 0. The number of nitrogens with zero attached hydrogens (tertiary/aromatic N) is 1. The number of alkyl carbamates (subject to hydrolysis) is 1. The number of hydrogen-bond acceptors (Lipinski definition) is 4. The van der Waals surface area contributed by atoms with Crippen molar-refractivity contribution in [1.29, 1.82) is 0 Å². The van der Waals surface area contributed by atoms with Gasteiger partial charge < -0.3 is 15.8 Å². The van der Waals surface area contributed by atoms with E-state index in [1.165, 1.54) is 0 Å². The lowest BCUT2D eigenvalue weighted by Gasteiger charge is -2.28. The molecule has 1 heterocycles. The normalized spacial score (nSPS) is 21.9. The van der Waals surface area contributed by atoms with Crippen molar-refractivity contribution in [3.05, 3.63) is 30.1 Å². The van der Waals surface area contributed by atoms with Gasteiger partial charge in [0.1, 0.15) is 5.60 Å². The smallest absolute Gasteiger partial charge is 0.408 e. The quantitative estimate of drug-likeness (QED) is 0.878. The van der Waals surface area contributed by atoms with Crippen molar-refractivity contribution in [3.8, 4) is 0 Å². The first-order chi connectivity index (χ1) is 10.2. The Morgan fingerprint density at radius 1 is 1.45 bits per heavy atom. The minimum Gasteiger partial charge on any atom is -0.444 e. The fraction of sp³-hybridized carbons (Fsp3) is 0.529. The van der Waals surface area contributed by atoms with Gasteiger partial charge in [-0.2, -0.15) is 0 Å². The van der Waals surface area contributed by atoms with Crippen LogP contribution < -0.4 is 11.1 Å². The summed E-state index contributed by atoms with van der Waals surface area (Å²) in [5, 5.41) is 2.93. The number of anilines is 1. The summed E-state index contributed by atoms with van der Waals surface area (Å²) in [6.07, 6.45) is 6.93. The Morgan fingerprint density at radius 2 is 2.18 bits per heavy atom. The van der Waals surface area contributed by atoms with Crippen LogP contribution in [0.25, 0.3) is 5.57 Å². The first kappa shape index (κ1) is 16.3. The predicted molar refractivity (Wildman–Crippen MR) is 88.2 cm³/mol. The minimum atomic E-state index is -0.494. The van der Waals surface area contributed by atoms with Gasteiger partial charge in [0.2, 0.25) is 0 Å². The van der Waals surface area contributed by atoms with Gasteiger partial charge >= 0.3 is 6.09 Å². The number of pyridine rings is 1. The SMILES string of the molecule is CC1CC(c2ccncc2N)=CC(NC(=O)OC(C)(C)C)C1. The van der Waals surface area contributed by atoms with Crippen molar-refractivity contribution in [3.63, 3.8) is 0 Å². The van der Waals surface area contributed by atoms with E-state index in [0.717, 1.165) is 24.0 Å². The molecule has 1 amide bonds. The van der Waals surface area contributed by atoms with Crippen molar-refractivity contribution in [2.24, 2.45) is 5.92 Å². The number of rotatable bonds is 2. The molecule has 0 aromatic carbocycles. The largest absolute Gasteiger partial charge is 0.444 e. The Labute approximate surface area is 131 Å². The molecule has 0 saturated carbocycles. The van der Waals surface area contributed by atoms with Crippen LogP contribution in [0.15, 0.2) is 24.5 Å². The molecule has 0 aliphatic heterocycles. The molecular weight excluding hydrogens is 278 g/mol. The number of nitrogens with two attached hydrogens (primary N) is 1. The van der Waals surface area contributed by atoms with Crippen LogP contribution in [0.2, 0.25) is 0 Å². The highest BCUT2D eigenvalue weighted by molar-refractivity contribution is 5.76. The molecule has 0 spiro atoms. The minimum absolute atomic E-state index is 0.0406. The number of aromatic nitrogens is 1. The highest BCUT2D eigenvalue weighted by atomic mass is 16.6. The van der Waals surface area contributed by atoms with Crippen LogP contribution in [-0.2, 0) is 4.74 Å². The van der Waals surface area contributed by atoms with E-state index in [0.29, 0.717) is 11.6 Å². The van der Waals surface area contributed by atoms with Crippen LogP contribution in [0.1, 0.15) is 46.1 Å². The first-order valence-corrected chi connectivity index (χ1v) is 7.64. The van der Waals surface area contributed by atoms with E-state index in [1.54, 1.807) is 12.4 Å². The van der Waals surface area contributed by atoms with Gasteiger partial charge in [-0.15, -0.1) is 0 Å². The highest BCUT2D eigenvalue weighted by Gasteiger charge is 2.24. The number of hydrogen-bond donors (Lipinski definition) is 2. The van der Waals surface area contributed by atoms with Crippen molar-refractivity contribution in [2.75, 3.05) is 5.73 Å². The second kappa shape index (κ2) is 6.38. The molecule has 1 aliphatic carbocycles. The van der Waals surface area contributed by atoms with E-state index in [9.17, 15) is 4.79 Å². The summed E-state index contributed by atoms with van der Waals surface area (Å²) in [6.45, 7) is 7.74. The molecule has 0 fully saturated rings. The average molecular weight is 303 g/mol. The van der Waals surface area contributed by atoms with Gasteiger partial charge in [0, 0.05) is 11.8 Å². The number of ether oxygens (including phenoxy) is 1. The fourth-order valence-electron chi connectivity index (χ4n) is 2.73. The zero-order chi connectivity index (χ0) is 16.3. The molecule has 0 saturated heterocycles. The number of carbonyl (C=O) groups is 1. The summed E-state index contributed by atoms with van der Waals surface area (Å²) in [6, 6.07) is 1.88. The van der Waals surface area contributed by atoms with E-state index in [-0.39, 0.29) is 12.1 Å². The summed E-state index contributed by atoms with van der Waals surface area (Å²) in [7, 11) is 0. The number of nitrogen functional groups attached to an aromatic ring is 1. The lowest BCUT2D eigenvalue weighted by Crippen LogP contribution is -2.40. The molecule has 5 nitrogen and oxygen atoms in total. The molecule has 0 bridgehead atoms. The molecule has 0 radical (unpaired) electrons. The lowest BCUT2D eigenvalue weighted by molar-refractivity contribution is 0.0509. The second-order valence-electron chi connectivity index (χ2n) is 6.95. The Bertz CT molecular complexity index is 576. The molecule has 22 heavy (non-hydrogen) atoms. The molecule has 120 valence electrons. The van der Waals surface area contributed by atoms with E-state index in [1.807, 2.05) is 26.8 Å². The van der Waals surface area contributed by atoms with Gasteiger partial charge in [-0.3, -0.25) is 4.98 Å². The topological polar surface area (TPSA) is 77.2 Å². The summed E-state index contributed by atoms with van der Waals surface area (Å²) in [4.78, 5) is 16.0. The van der Waals surface area contributed by atoms with Gasteiger partial charge in [-0.25, -0.2) is 4.79 Å². The van der Waals surface area contributed by atoms with Crippen molar-refractivity contribution in [1.82, 2.24) is 10.3 Å². The Kier molecular flexibility index (Phi) is 4.74. The number of allylic oxidation sites excluding steroid dienone is 1. The summed E-state index contributed by atoms with van der Waals surface area (Å²) in [5.41, 5.74) is 8.33. The van der Waals surface area contributed by atoms with E-state index in [2.05, 4.69) is 23.3 Å². The number of carbonyl (C=O) groups excluding carboxylic acids is 1. The monoisotopic (exact) mass is 303 g/mol. The molecule has 1 aromatic rings. The fourth-order valence-corrected chi connectivity index (χ4v) is 2.73. The zero-order valence-electron chi connectivity index (χ0n) is 13.7. The molecule has 1 aromatic heterocycles. The van der Waals surface area contributed by atoms with Crippen LogP contribution in [0.3, 0.4) is 0 Å². The van der Waals surface area contributed by atoms with E-state index >= 15 is 0 Å². The van der Waals surface area contributed by atoms with E-state index in [4.69, 9.17) is 10.5 Å². The van der Waals surface area contributed by atoms with Gasteiger partial charge in [0.05, 0.1) is 17.9 Å². The molecule has 2 unspecified atom stereocenters. The summed E-state index contributed by atoms with van der Waals surface area (Å²) < 4.78 is 5.33. The second-order valence-corrected chi connectivity index (χ2v) is 6.95. The third-order valence-electron chi connectivity index (χ3n) is 3.53. The Balaban J connectivity index is 2.14. The maximum absolute atomic E-state index is 11.9. The Hall–Kier alpha value is -2.04. The number of nitrogens with one attached hydrogen (secondary N) is 1. The van der Waals surface area contributed by atoms with Crippen molar-refractivity contribution >= 4 is 17.4 Å². The van der Waals surface area contributed by atoms with E-state index < -0.39 is 5.60 Å². The lowest BCUT2D eigenvalue weighted by atomic mass is 9.84. The van der Waals surface area contributed by atoms with Gasteiger partial charge in [-0.1, -0.05) is 13.0 Å². The van der Waals surface area contributed by atoms with Crippen molar-refractivity contribution < 1.29 is 9.53 Å². The number of amides is 1. The van der Waals surface area contributed by atoms with Crippen LogP contribution in [0.4, 0.5) is 10.5 Å². The molecule has 3 N–H and O–H groups in total. The third kappa shape index (κ3) is 4.48.